The van der Waals surface area contributed by atoms with E-state index in [1.54, 1.807) is 4.57 Å². The zero-order chi connectivity index (χ0) is 22.8. The Morgan fingerprint density at radius 3 is 2.78 bits per heavy atom. The molecule has 0 bridgehead atoms. The van der Waals surface area contributed by atoms with E-state index >= 15 is 0 Å². The molecule has 5 rings (SSSR count). The second kappa shape index (κ2) is 7.00. The number of nitrogens with zero attached hydrogens (tertiary/aromatic N) is 2. The van der Waals surface area contributed by atoms with Crippen molar-refractivity contribution < 1.29 is 14.6 Å². The van der Waals surface area contributed by atoms with Crippen LogP contribution < -0.4 is 5.56 Å². The zero-order valence-corrected chi connectivity index (χ0v) is 19.5. The highest BCUT2D eigenvalue weighted by atomic mass is 28.4. The average molecular weight is 447 g/mol. The summed E-state index contributed by atoms with van der Waals surface area (Å²) >= 11 is 0. The number of aliphatic hydroxyl groups is 1. The van der Waals surface area contributed by atoms with Gasteiger partial charge in [-0.3, -0.25) is 4.79 Å². The molecule has 1 aromatic carbocycles. The molecule has 2 aliphatic rings. The number of hydrogen-bond acceptors (Lipinski definition) is 5. The topological polar surface area (TPSA) is 84.6 Å². The van der Waals surface area contributed by atoms with E-state index in [1.165, 1.54) is 0 Å². The van der Waals surface area contributed by atoms with Crippen LogP contribution in [0.25, 0.3) is 28.4 Å². The first-order valence-electron chi connectivity index (χ1n) is 10.8. The molecule has 6 nitrogen and oxygen atoms in total. The Hall–Kier alpha value is -3.00. The molecule has 0 amide bonds. The lowest BCUT2D eigenvalue weighted by Gasteiger charge is -2.35. The Bertz CT molecular complexity index is 1380. The SMILES string of the molecule is C=C1OCc2c(cc3n(c2=O)Cc2c-3nc3ccccc3c2C=C[Si](C)(C)O)[C@@]1(O)CC. The highest BCUT2D eigenvalue weighted by molar-refractivity contribution is 6.75. The molecule has 0 spiro atoms. The summed E-state index contributed by atoms with van der Waals surface area (Å²) in [5.74, 6) is 0.264. The fourth-order valence-electron chi connectivity index (χ4n) is 4.65. The van der Waals surface area contributed by atoms with Crippen molar-refractivity contribution in [2.45, 2.75) is 45.2 Å². The number of ether oxygens (including phenoxy) is 1. The number of pyridine rings is 2. The lowest BCUT2D eigenvalue weighted by molar-refractivity contribution is -0.0172. The molecule has 2 N–H and O–H groups in total. The average Bonchev–Trinajstić information content (AvgIpc) is 3.12. The Balaban J connectivity index is 1.81. The summed E-state index contributed by atoms with van der Waals surface area (Å²) in [5, 5.41) is 12.3. The summed E-state index contributed by atoms with van der Waals surface area (Å²) in [6.07, 6.45) is 2.32. The third-order valence-corrected chi connectivity index (χ3v) is 7.45. The molecule has 0 unspecified atom stereocenters. The summed E-state index contributed by atoms with van der Waals surface area (Å²) in [5.41, 5.74) is 5.47. The minimum absolute atomic E-state index is 0.0956. The van der Waals surface area contributed by atoms with Crippen molar-refractivity contribution in [3.05, 3.63) is 81.0 Å². The lowest BCUT2D eigenvalue weighted by atomic mass is 9.84. The van der Waals surface area contributed by atoms with Gasteiger partial charge in [0.05, 0.1) is 29.0 Å². The van der Waals surface area contributed by atoms with Gasteiger partial charge in [0, 0.05) is 16.5 Å². The van der Waals surface area contributed by atoms with Crippen molar-refractivity contribution in [1.82, 2.24) is 9.55 Å². The van der Waals surface area contributed by atoms with Crippen molar-refractivity contribution >= 4 is 25.3 Å². The summed E-state index contributed by atoms with van der Waals surface area (Å²) in [7, 11) is -2.43. The quantitative estimate of drug-likeness (QED) is 0.468. The standard InChI is InChI=1S/C25H26N2O4Si/c1-5-25(29)15(2)31-14-19-20(25)12-22-23-18(13-27(22)24(19)28)16(10-11-32(3,4)30)17-8-6-7-9-21(17)26-23/h6-12,29-30H,2,5,13-14H2,1,3-4H3/t25-/m1/s1. The largest absolute Gasteiger partial charge is 0.490 e. The first-order chi connectivity index (χ1) is 15.1. The van der Waals surface area contributed by atoms with Crippen LogP contribution >= 0.6 is 0 Å². The Kier molecular flexibility index (Phi) is 4.57. The number of hydrogen-bond donors (Lipinski definition) is 2. The van der Waals surface area contributed by atoms with Crippen molar-refractivity contribution in [3.8, 4) is 11.4 Å². The van der Waals surface area contributed by atoms with Gasteiger partial charge in [0.25, 0.3) is 5.56 Å². The monoisotopic (exact) mass is 446 g/mol. The van der Waals surface area contributed by atoms with Gasteiger partial charge in [-0.1, -0.05) is 43.5 Å². The van der Waals surface area contributed by atoms with E-state index in [9.17, 15) is 14.7 Å². The van der Waals surface area contributed by atoms with Crippen LogP contribution in [0.2, 0.25) is 13.1 Å². The molecule has 0 radical (unpaired) electrons. The second-order valence-electron chi connectivity index (χ2n) is 9.10. The van der Waals surface area contributed by atoms with E-state index in [2.05, 4.69) is 6.58 Å². The van der Waals surface area contributed by atoms with Gasteiger partial charge in [-0.15, -0.1) is 0 Å². The molecule has 164 valence electrons. The van der Waals surface area contributed by atoms with E-state index in [0.29, 0.717) is 29.8 Å². The van der Waals surface area contributed by atoms with Gasteiger partial charge < -0.3 is 19.2 Å². The minimum atomic E-state index is -2.43. The predicted molar refractivity (Wildman–Crippen MR) is 127 cm³/mol. The molecule has 0 fully saturated rings. The normalized spacial score (nSPS) is 19.7. The van der Waals surface area contributed by atoms with Gasteiger partial charge in [-0.25, -0.2) is 4.98 Å². The van der Waals surface area contributed by atoms with Gasteiger partial charge in [-0.05, 0) is 37.2 Å². The molecule has 2 aromatic heterocycles. The van der Waals surface area contributed by atoms with Crippen molar-refractivity contribution in [2.24, 2.45) is 0 Å². The maximum atomic E-state index is 13.5. The van der Waals surface area contributed by atoms with Crippen molar-refractivity contribution in [1.29, 1.82) is 0 Å². The van der Waals surface area contributed by atoms with Gasteiger partial charge >= 0.3 is 0 Å². The molecule has 3 aromatic rings. The van der Waals surface area contributed by atoms with Crippen LogP contribution in [0.4, 0.5) is 0 Å². The number of rotatable bonds is 3. The molecule has 32 heavy (non-hydrogen) atoms. The molecule has 0 saturated carbocycles. The first kappa shape index (κ1) is 20.9. The minimum Gasteiger partial charge on any atom is -0.490 e. The molecule has 0 aliphatic carbocycles. The van der Waals surface area contributed by atoms with Gasteiger partial charge in [-0.2, -0.15) is 0 Å². The lowest BCUT2D eigenvalue weighted by Crippen LogP contribution is -2.38. The van der Waals surface area contributed by atoms with Gasteiger partial charge in [0.1, 0.15) is 18.0 Å². The van der Waals surface area contributed by atoms with E-state index in [-0.39, 0.29) is 17.9 Å². The van der Waals surface area contributed by atoms with Crippen molar-refractivity contribution in [3.63, 3.8) is 0 Å². The van der Waals surface area contributed by atoms with Crippen LogP contribution in [0.15, 0.2) is 53.2 Å². The van der Waals surface area contributed by atoms with Crippen LogP contribution in [0.3, 0.4) is 0 Å². The van der Waals surface area contributed by atoms with Crippen molar-refractivity contribution in [2.75, 3.05) is 0 Å². The Morgan fingerprint density at radius 1 is 1.31 bits per heavy atom. The highest BCUT2D eigenvalue weighted by Crippen LogP contribution is 2.42. The van der Waals surface area contributed by atoms with E-state index in [4.69, 9.17) is 9.72 Å². The molecule has 4 heterocycles. The van der Waals surface area contributed by atoms with Gasteiger partial charge in [0.2, 0.25) is 8.32 Å². The van der Waals surface area contributed by atoms with Crippen LogP contribution in [0, 0.1) is 0 Å². The Labute approximate surface area is 187 Å². The van der Waals surface area contributed by atoms with Crippen LogP contribution in [0.5, 0.6) is 0 Å². The number of aromatic nitrogens is 2. The summed E-state index contributed by atoms with van der Waals surface area (Å²) in [6, 6.07) is 9.74. The molecule has 0 saturated heterocycles. The number of benzene rings is 1. The number of para-hydroxylation sites is 1. The molecular weight excluding hydrogens is 420 g/mol. The predicted octanol–water partition coefficient (Wildman–Crippen LogP) is 3.82. The fourth-order valence-corrected chi connectivity index (χ4v) is 5.23. The Morgan fingerprint density at radius 2 is 2.06 bits per heavy atom. The summed E-state index contributed by atoms with van der Waals surface area (Å²) in [4.78, 5) is 28.8. The maximum Gasteiger partial charge on any atom is 0.258 e. The molecule has 2 aliphatic heterocycles. The smallest absolute Gasteiger partial charge is 0.258 e. The highest BCUT2D eigenvalue weighted by Gasteiger charge is 2.41. The second-order valence-corrected chi connectivity index (χ2v) is 12.7. The van der Waals surface area contributed by atoms with Gasteiger partial charge in [0.15, 0.2) is 0 Å². The summed E-state index contributed by atoms with van der Waals surface area (Å²) < 4.78 is 7.29. The first-order valence-corrected chi connectivity index (χ1v) is 13.8. The molecule has 7 heteroatoms. The van der Waals surface area contributed by atoms with Crippen LogP contribution in [0.1, 0.15) is 35.6 Å². The number of fused-ring (bicyclic) bond motifs is 5. The third kappa shape index (κ3) is 3.00. The fraction of sp³-hybridized carbons (Fsp3) is 0.280. The molecule has 1 atom stereocenters. The molecular formula is C25H26N2O4Si. The van der Waals surface area contributed by atoms with E-state index in [1.807, 2.05) is 62.1 Å². The third-order valence-electron chi connectivity index (χ3n) is 6.46. The van der Waals surface area contributed by atoms with E-state index in [0.717, 1.165) is 27.7 Å². The maximum absolute atomic E-state index is 13.5. The summed E-state index contributed by atoms with van der Waals surface area (Å²) in [6.45, 7) is 9.92. The van der Waals surface area contributed by atoms with Crippen LogP contribution in [-0.4, -0.2) is 27.8 Å². The van der Waals surface area contributed by atoms with E-state index < -0.39 is 13.9 Å². The van der Waals surface area contributed by atoms with Crippen LogP contribution in [-0.2, 0) is 23.5 Å². The zero-order valence-electron chi connectivity index (χ0n) is 18.5.